The number of fused-ring (bicyclic) bond motifs is 1. The molecular weight excluding hydrogens is 448 g/mol. The molecule has 2 heterocycles. The molecule has 0 saturated carbocycles. The molecule has 0 aliphatic carbocycles. The number of nitrogens with zero attached hydrogens (tertiary/aromatic N) is 2. The molecule has 7 heteroatoms. The smallest absolute Gasteiger partial charge is 0.247 e. The number of carbonyl (C=O) groups is 1. The number of aromatic nitrogens is 3. The third kappa shape index (κ3) is 4.64. The molecule has 0 fully saturated rings. The van der Waals surface area contributed by atoms with E-state index in [0.29, 0.717) is 28.9 Å². The predicted molar refractivity (Wildman–Crippen MR) is 133 cm³/mol. The normalized spacial score (nSPS) is 12.2. The molecule has 6 nitrogen and oxygen atoms in total. The van der Waals surface area contributed by atoms with Gasteiger partial charge in [0.15, 0.2) is 5.78 Å². The van der Waals surface area contributed by atoms with E-state index in [4.69, 9.17) is 16.0 Å². The molecule has 3 aromatic carbocycles. The molecule has 0 aliphatic rings. The van der Waals surface area contributed by atoms with Crippen molar-refractivity contribution in [1.82, 2.24) is 20.5 Å². The zero-order valence-electron chi connectivity index (χ0n) is 18.6. The van der Waals surface area contributed by atoms with Gasteiger partial charge < -0.3 is 14.7 Å². The van der Waals surface area contributed by atoms with E-state index in [2.05, 4.69) is 20.5 Å². The van der Waals surface area contributed by atoms with Gasteiger partial charge in [-0.05, 0) is 41.8 Å². The van der Waals surface area contributed by atoms with Crippen LogP contribution in [-0.4, -0.2) is 27.5 Å². The number of aryl methyl sites for hydroxylation is 1. The number of aromatic amines is 1. The van der Waals surface area contributed by atoms with Crippen LogP contribution in [0, 0.1) is 6.92 Å². The van der Waals surface area contributed by atoms with Gasteiger partial charge in [0.1, 0.15) is 0 Å². The summed E-state index contributed by atoms with van der Waals surface area (Å²) in [5.41, 5.74) is 4.36. The van der Waals surface area contributed by atoms with Crippen molar-refractivity contribution in [3.8, 4) is 11.5 Å². The Bertz CT molecular complexity index is 1420. The van der Waals surface area contributed by atoms with Crippen LogP contribution in [0.15, 0.2) is 83.4 Å². The molecule has 5 rings (SSSR count). The summed E-state index contributed by atoms with van der Waals surface area (Å²) in [7, 11) is 0. The maximum absolute atomic E-state index is 13.7. The van der Waals surface area contributed by atoms with Gasteiger partial charge in [-0.25, -0.2) is 0 Å². The van der Waals surface area contributed by atoms with E-state index >= 15 is 0 Å². The summed E-state index contributed by atoms with van der Waals surface area (Å²) >= 11 is 5.99. The number of ketones is 1. The van der Waals surface area contributed by atoms with Gasteiger partial charge in [-0.3, -0.25) is 4.79 Å². The van der Waals surface area contributed by atoms with Crippen LogP contribution in [0.2, 0.25) is 5.02 Å². The Balaban J connectivity index is 1.40. The van der Waals surface area contributed by atoms with Crippen LogP contribution in [0.4, 0.5) is 0 Å². The molecule has 34 heavy (non-hydrogen) atoms. The lowest BCUT2D eigenvalue weighted by Gasteiger charge is -2.18. The van der Waals surface area contributed by atoms with Crippen molar-refractivity contribution in [3.05, 3.63) is 107 Å². The molecule has 0 saturated heterocycles. The third-order valence-electron chi connectivity index (χ3n) is 5.79. The van der Waals surface area contributed by atoms with E-state index in [1.165, 1.54) is 0 Å². The van der Waals surface area contributed by atoms with Crippen molar-refractivity contribution in [3.63, 3.8) is 0 Å². The average molecular weight is 471 g/mol. The quantitative estimate of drug-likeness (QED) is 0.274. The summed E-state index contributed by atoms with van der Waals surface area (Å²) in [6, 6.07) is 22.8. The van der Waals surface area contributed by atoms with Crippen LogP contribution in [0.5, 0.6) is 0 Å². The fourth-order valence-corrected chi connectivity index (χ4v) is 4.18. The van der Waals surface area contributed by atoms with Gasteiger partial charge in [0.25, 0.3) is 0 Å². The van der Waals surface area contributed by atoms with Crippen LogP contribution >= 0.6 is 11.6 Å². The van der Waals surface area contributed by atoms with Gasteiger partial charge in [-0.15, -0.1) is 10.2 Å². The molecule has 2 N–H and O–H groups in total. The Morgan fingerprint density at radius 3 is 2.59 bits per heavy atom. The number of hydrogen-bond acceptors (Lipinski definition) is 5. The Hall–Kier alpha value is -3.74. The summed E-state index contributed by atoms with van der Waals surface area (Å²) in [6.45, 7) is 2.40. The van der Waals surface area contributed by atoms with Gasteiger partial charge in [0.05, 0.1) is 6.04 Å². The topological polar surface area (TPSA) is 83.8 Å². The van der Waals surface area contributed by atoms with E-state index in [-0.39, 0.29) is 5.78 Å². The summed E-state index contributed by atoms with van der Waals surface area (Å²) < 4.78 is 5.54. The SMILES string of the molecule is Cc1nnc(-c2ccc3c(C(=O)[C@H](NCCc4ccc(Cl)cc4)c4ccccc4)c[nH]c3c2)o1. The van der Waals surface area contributed by atoms with E-state index < -0.39 is 6.04 Å². The Morgan fingerprint density at radius 2 is 1.85 bits per heavy atom. The first-order valence-corrected chi connectivity index (χ1v) is 11.4. The minimum Gasteiger partial charge on any atom is -0.421 e. The first-order chi connectivity index (χ1) is 16.6. The van der Waals surface area contributed by atoms with E-state index in [1.54, 1.807) is 13.1 Å². The lowest BCUT2D eigenvalue weighted by Crippen LogP contribution is -2.30. The fourth-order valence-electron chi connectivity index (χ4n) is 4.05. The minimum atomic E-state index is -0.467. The lowest BCUT2D eigenvalue weighted by atomic mass is 9.96. The highest BCUT2D eigenvalue weighted by Gasteiger charge is 2.24. The predicted octanol–water partition coefficient (Wildman–Crippen LogP) is 5.94. The highest BCUT2D eigenvalue weighted by atomic mass is 35.5. The Morgan fingerprint density at radius 1 is 1.06 bits per heavy atom. The van der Waals surface area contributed by atoms with Crippen molar-refractivity contribution < 1.29 is 9.21 Å². The van der Waals surface area contributed by atoms with Crippen molar-refractivity contribution >= 4 is 28.3 Å². The molecule has 2 aromatic heterocycles. The number of benzene rings is 3. The number of hydrogen-bond donors (Lipinski definition) is 2. The molecule has 0 spiro atoms. The summed E-state index contributed by atoms with van der Waals surface area (Å²) in [6.07, 6.45) is 2.56. The monoisotopic (exact) mass is 470 g/mol. The third-order valence-corrected chi connectivity index (χ3v) is 6.04. The fraction of sp³-hybridized carbons (Fsp3) is 0.148. The lowest BCUT2D eigenvalue weighted by molar-refractivity contribution is 0.0945. The molecule has 0 unspecified atom stereocenters. The second-order valence-corrected chi connectivity index (χ2v) is 8.56. The number of halogens is 1. The molecule has 0 radical (unpaired) electrons. The van der Waals surface area contributed by atoms with Crippen molar-refractivity contribution in [2.24, 2.45) is 0 Å². The molecule has 1 atom stereocenters. The molecular formula is C27H23ClN4O2. The zero-order chi connectivity index (χ0) is 23.5. The summed E-state index contributed by atoms with van der Waals surface area (Å²) in [5, 5.41) is 13.0. The van der Waals surface area contributed by atoms with Gasteiger partial charge in [-0.2, -0.15) is 0 Å². The molecule has 170 valence electrons. The molecule has 0 amide bonds. The summed E-state index contributed by atoms with van der Waals surface area (Å²) in [5.74, 6) is 0.968. The highest BCUT2D eigenvalue weighted by molar-refractivity contribution is 6.30. The van der Waals surface area contributed by atoms with E-state index in [1.807, 2.05) is 72.8 Å². The van der Waals surface area contributed by atoms with E-state index in [9.17, 15) is 4.79 Å². The zero-order valence-corrected chi connectivity index (χ0v) is 19.3. The molecule has 5 aromatic rings. The van der Waals surface area contributed by atoms with Gasteiger partial charge in [0, 0.05) is 46.7 Å². The number of carbonyl (C=O) groups excluding carboxylic acids is 1. The second-order valence-electron chi connectivity index (χ2n) is 8.13. The first-order valence-electron chi connectivity index (χ1n) is 11.1. The number of H-pyrrole nitrogens is 1. The van der Waals surface area contributed by atoms with Crippen molar-refractivity contribution in [2.75, 3.05) is 6.54 Å². The number of rotatable bonds is 8. The van der Waals surface area contributed by atoms with Crippen LogP contribution in [0.1, 0.15) is 33.4 Å². The average Bonchev–Trinajstić information content (AvgIpc) is 3.49. The van der Waals surface area contributed by atoms with Crippen LogP contribution in [0.3, 0.4) is 0 Å². The van der Waals surface area contributed by atoms with Crippen LogP contribution in [0.25, 0.3) is 22.4 Å². The standard InChI is InChI=1S/C27H23ClN4O2/c1-17-31-32-27(34-17)20-9-12-22-23(16-30-24(22)15-20)26(33)25(19-5-3-2-4-6-19)29-14-13-18-7-10-21(28)11-8-18/h2-12,15-16,25,29-30H,13-14H2,1H3/t25-/m1/s1. The second kappa shape index (κ2) is 9.63. The number of Topliss-reactive ketones (excluding diaryl/α,β-unsaturated/α-hetero) is 1. The van der Waals surface area contributed by atoms with Crippen molar-refractivity contribution in [2.45, 2.75) is 19.4 Å². The maximum atomic E-state index is 13.7. The largest absolute Gasteiger partial charge is 0.421 e. The van der Waals surface area contributed by atoms with Gasteiger partial charge >= 0.3 is 0 Å². The molecule has 0 bridgehead atoms. The minimum absolute atomic E-state index is 0.00920. The van der Waals surface area contributed by atoms with Crippen LogP contribution in [-0.2, 0) is 6.42 Å². The van der Waals surface area contributed by atoms with E-state index in [0.717, 1.165) is 34.0 Å². The van der Waals surface area contributed by atoms with Gasteiger partial charge in [-0.1, -0.05) is 60.1 Å². The van der Waals surface area contributed by atoms with Gasteiger partial charge in [0.2, 0.25) is 11.8 Å². The number of nitrogens with one attached hydrogen (secondary N) is 2. The Kier molecular flexibility index (Phi) is 6.25. The van der Waals surface area contributed by atoms with Crippen molar-refractivity contribution in [1.29, 1.82) is 0 Å². The van der Waals surface area contributed by atoms with Crippen LogP contribution < -0.4 is 5.32 Å². The molecule has 0 aliphatic heterocycles. The first kappa shape index (κ1) is 22.1. The summed E-state index contributed by atoms with van der Waals surface area (Å²) in [4.78, 5) is 17.0. The Labute approximate surface area is 202 Å². The maximum Gasteiger partial charge on any atom is 0.247 e. The highest BCUT2D eigenvalue weighted by Crippen LogP contribution is 2.28.